The molecule has 2 atom stereocenters. The van der Waals surface area contributed by atoms with Gasteiger partial charge in [-0.3, -0.25) is 9.69 Å². The van der Waals surface area contributed by atoms with Crippen molar-refractivity contribution in [1.82, 2.24) is 9.21 Å². The molecular formula is C17H27N3O5S. The van der Waals surface area contributed by atoms with E-state index in [4.69, 9.17) is 9.47 Å². The number of methoxy groups -OCH3 is 1. The molecule has 0 aliphatic carbocycles. The molecule has 1 aromatic rings. The second-order valence-corrected chi connectivity index (χ2v) is 8.77. The van der Waals surface area contributed by atoms with Crippen molar-refractivity contribution in [3.63, 3.8) is 0 Å². The molecule has 1 N–H and O–H groups in total. The summed E-state index contributed by atoms with van der Waals surface area (Å²) in [5, 5.41) is 2.76. The van der Waals surface area contributed by atoms with Gasteiger partial charge in [0.1, 0.15) is 10.6 Å². The average molecular weight is 385 g/mol. The van der Waals surface area contributed by atoms with Crippen molar-refractivity contribution in [2.24, 2.45) is 0 Å². The molecule has 0 aromatic heterocycles. The Bertz CT molecular complexity index is 741. The Morgan fingerprint density at radius 1 is 1.31 bits per heavy atom. The van der Waals surface area contributed by atoms with E-state index < -0.39 is 10.0 Å². The lowest BCUT2D eigenvalue weighted by Crippen LogP contribution is -2.48. The zero-order chi connectivity index (χ0) is 19.5. The van der Waals surface area contributed by atoms with E-state index in [1.54, 1.807) is 6.07 Å². The zero-order valence-corrected chi connectivity index (χ0v) is 16.7. The van der Waals surface area contributed by atoms with E-state index in [2.05, 4.69) is 5.32 Å². The van der Waals surface area contributed by atoms with Crippen LogP contribution in [0.25, 0.3) is 0 Å². The molecule has 1 heterocycles. The van der Waals surface area contributed by atoms with Crippen LogP contribution in [0.15, 0.2) is 23.1 Å². The minimum Gasteiger partial charge on any atom is -0.495 e. The maximum absolute atomic E-state index is 12.4. The molecule has 26 heavy (non-hydrogen) atoms. The van der Waals surface area contributed by atoms with Gasteiger partial charge in [-0.15, -0.1) is 0 Å². The molecule has 1 aliphatic rings. The summed E-state index contributed by atoms with van der Waals surface area (Å²) in [6.45, 7) is 5.53. The van der Waals surface area contributed by atoms with Crippen LogP contribution in [-0.4, -0.2) is 76.6 Å². The van der Waals surface area contributed by atoms with Crippen LogP contribution in [0.3, 0.4) is 0 Å². The Labute approximate surface area is 155 Å². The van der Waals surface area contributed by atoms with Crippen LogP contribution < -0.4 is 10.1 Å². The van der Waals surface area contributed by atoms with E-state index in [1.165, 1.54) is 33.3 Å². The molecule has 0 radical (unpaired) electrons. The molecule has 1 amide bonds. The lowest BCUT2D eigenvalue weighted by atomic mass is 10.2. The van der Waals surface area contributed by atoms with Crippen molar-refractivity contribution in [1.29, 1.82) is 0 Å². The van der Waals surface area contributed by atoms with E-state index >= 15 is 0 Å². The topological polar surface area (TPSA) is 88.2 Å². The van der Waals surface area contributed by atoms with Crippen molar-refractivity contribution < 1.29 is 22.7 Å². The molecule has 1 aliphatic heterocycles. The lowest BCUT2D eigenvalue weighted by Gasteiger charge is -2.34. The summed E-state index contributed by atoms with van der Waals surface area (Å²) >= 11 is 0. The van der Waals surface area contributed by atoms with Crippen LogP contribution in [-0.2, 0) is 19.6 Å². The summed E-state index contributed by atoms with van der Waals surface area (Å²) in [7, 11) is 0.607. The number of hydrogen-bond donors (Lipinski definition) is 1. The van der Waals surface area contributed by atoms with Crippen LogP contribution in [0.5, 0.6) is 5.75 Å². The smallest absolute Gasteiger partial charge is 0.246 e. The van der Waals surface area contributed by atoms with Gasteiger partial charge in [0.05, 0.1) is 25.9 Å². The Morgan fingerprint density at radius 2 is 1.92 bits per heavy atom. The monoisotopic (exact) mass is 385 g/mol. The zero-order valence-electron chi connectivity index (χ0n) is 15.9. The maximum atomic E-state index is 12.4. The first-order chi connectivity index (χ1) is 12.1. The van der Waals surface area contributed by atoms with Crippen LogP contribution in [0.1, 0.15) is 13.8 Å². The van der Waals surface area contributed by atoms with Gasteiger partial charge in [-0.25, -0.2) is 12.7 Å². The standard InChI is InChI=1S/C17H27N3O5S/c1-12-9-20(10-13(2)25-12)11-17(21)18-14-6-7-15(24-5)16(8-14)26(22,23)19(3)4/h6-8,12-13H,9-11H2,1-5H3,(H,18,21)/t12-,13+. The molecule has 0 spiro atoms. The lowest BCUT2D eigenvalue weighted by molar-refractivity contribution is -0.121. The van der Waals surface area contributed by atoms with Crippen LogP contribution in [0.2, 0.25) is 0 Å². The van der Waals surface area contributed by atoms with Crippen LogP contribution in [0, 0.1) is 0 Å². The van der Waals surface area contributed by atoms with Gasteiger partial charge in [-0.05, 0) is 32.0 Å². The minimum atomic E-state index is -3.69. The highest BCUT2D eigenvalue weighted by molar-refractivity contribution is 7.89. The number of anilines is 1. The molecule has 0 saturated carbocycles. The van der Waals surface area contributed by atoms with E-state index in [-0.39, 0.29) is 35.3 Å². The van der Waals surface area contributed by atoms with Gasteiger partial charge in [0.25, 0.3) is 0 Å². The number of hydrogen-bond acceptors (Lipinski definition) is 6. The normalized spacial score (nSPS) is 21.6. The summed E-state index contributed by atoms with van der Waals surface area (Å²) in [5.74, 6) is 0.0252. The Morgan fingerprint density at radius 3 is 2.46 bits per heavy atom. The van der Waals surface area contributed by atoms with Crippen LogP contribution in [0.4, 0.5) is 5.69 Å². The average Bonchev–Trinajstić information content (AvgIpc) is 2.53. The molecule has 0 bridgehead atoms. The SMILES string of the molecule is COc1ccc(NC(=O)CN2C[C@@H](C)O[C@@H](C)C2)cc1S(=O)(=O)N(C)C. The Hall–Kier alpha value is -1.68. The number of sulfonamides is 1. The van der Waals surface area contributed by atoms with Gasteiger partial charge in [0.15, 0.2) is 0 Å². The van der Waals surface area contributed by atoms with Crippen molar-refractivity contribution in [2.75, 3.05) is 46.2 Å². The molecule has 8 nitrogen and oxygen atoms in total. The first-order valence-corrected chi connectivity index (χ1v) is 9.85. The van der Waals surface area contributed by atoms with Gasteiger partial charge in [-0.1, -0.05) is 0 Å². The number of ether oxygens (including phenoxy) is 2. The third-order valence-electron chi connectivity index (χ3n) is 4.07. The summed E-state index contributed by atoms with van der Waals surface area (Å²) < 4.78 is 36.8. The number of nitrogens with one attached hydrogen (secondary N) is 1. The first-order valence-electron chi connectivity index (χ1n) is 8.41. The Balaban J connectivity index is 2.13. The van der Waals surface area contributed by atoms with E-state index in [0.29, 0.717) is 18.8 Å². The minimum absolute atomic E-state index is 0.0106. The van der Waals surface area contributed by atoms with Crippen molar-refractivity contribution in [3.05, 3.63) is 18.2 Å². The largest absolute Gasteiger partial charge is 0.495 e. The molecular weight excluding hydrogens is 358 g/mol. The predicted molar refractivity (Wildman–Crippen MR) is 98.9 cm³/mol. The second-order valence-electron chi connectivity index (χ2n) is 6.65. The second kappa shape index (κ2) is 8.34. The van der Waals surface area contributed by atoms with Crippen molar-refractivity contribution >= 4 is 21.6 Å². The predicted octanol–water partition coefficient (Wildman–Crippen LogP) is 0.993. The van der Waals surface area contributed by atoms with Crippen molar-refractivity contribution in [3.8, 4) is 5.75 Å². The summed E-state index contributed by atoms with van der Waals surface area (Å²) in [6.07, 6.45) is 0.147. The summed E-state index contributed by atoms with van der Waals surface area (Å²) in [4.78, 5) is 14.4. The fourth-order valence-electron chi connectivity index (χ4n) is 2.97. The van der Waals surface area contributed by atoms with E-state index in [9.17, 15) is 13.2 Å². The van der Waals surface area contributed by atoms with Gasteiger partial charge < -0.3 is 14.8 Å². The first kappa shape index (κ1) is 20.6. The summed E-state index contributed by atoms with van der Waals surface area (Å²) in [6, 6.07) is 4.57. The number of carbonyl (C=O) groups is 1. The molecule has 1 fully saturated rings. The number of carbonyl (C=O) groups excluding carboxylic acids is 1. The Kier molecular flexibility index (Phi) is 6.62. The van der Waals surface area contributed by atoms with Gasteiger partial charge in [0.2, 0.25) is 15.9 Å². The highest BCUT2D eigenvalue weighted by Gasteiger charge is 2.25. The number of rotatable bonds is 6. The molecule has 2 rings (SSSR count). The molecule has 146 valence electrons. The third-order valence-corrected chi connectivity index (χ3v) is 5.90. The molecule has 0 unspecified atom stereocenters. The fourth-order valence-corrected chi connectivity index (χ4v) is 4.04. The van der Waals surface area contributed by atoms with E-state index in [1.807, 2.05) is 18.7 Å². The molecule has 1 saturated heterocycles. The highest BCUT2D eigenvalue weighted by atomic mass is 32.2. The van der Waals surface area contributed by atoms with Gasteiger partial charge in [0, 0.05) is 32.9 Å². The maximum Gasteiger partial charge on any atom is 0.246 e. The van der Waals surface area contributed by atoms with Gasteiger partial charge in [-0.2, -0.15) is 0 Å². The quantitative estimate of drug-likeness (QED) is 0.786. The summed E-state index contributed by atoms with van der Waals surface area (Å²) in [5.41, 5.74) is 0.408. The van der Waals surface area contributed by atoms with Crippen LogP contribution >= 0.6 is 0 Å². The number of morpholine rings is 1. The van der Waals surface area contributed by atoms with Crippen molar-refractivity contribution in [2.45, 2.75) is 31.0 Å². The highest BCUT2D eigenvalue weighted by Crippen LogP contribution is 2.28. The molecule has 1 aromatic carbocycles. The number of benzene rings is 1. The molecule has 9 heteroatoms. The fraction of sp³-hybridized carbons (Fsp3) is 0.588. The van der Waals surface area contributed by atoms with Gasteiger partial charge >= 0.3 is 0 Å². The van der Waals surface area contributed by atoms with E-state index in [0.717, 1.165) is 4.31 Å². The number of amides is 1. The third kappa shape index (κ3) is 4.94. The number of nitrogens with zero attached hydrogens (tertiary/aromatic N) is 2.